The van der Waals surface area contributed by atoms with E-state index in [0.717, 1.165) is 12.8 Å². The Morgan fingerprint density at radius 2 is 2.00 bits per heavy atom. The fraction of sp³-hybridized carbons (Fsp3) is 0.692. The van der Waals surface area contributed by atoms with Crippen molar-refractivity contribution in [2.75, 3.05) is 5.32 Å². The summed E-state index contributed by atoms with van der Waals surface area (Å²) < 4.78 is 1.61. The molecule has 0 amide bonds. The summed E-state index contributed by atoms with van der Waals surface area (Å²) in [5.41, 5.74) is 0.819. The molecule has 0 spiro atoms. The van der Waals surface area contributed by atoms with Crippen molar-refractivity contribution >= 4 is 11.8 Å². The first-order valence-corrected chi connectivity index (χ1v) is 6.45. The van der Waals surface area contributed by atoms with Gasteiger partial charge in [0, 0.05) is 13.1 Å². The molecule has 5 nitrogen and oxygen atoms in total. The highest BCUT2D eigenvalue weighted by Gasteiger charge is 2.22. The van der Waals surface area contributed by atoms with Crippen LogP contribution in [0.2, 0.25) is 0 Å². The highest BCUT2D eigenvalue weighted by molar-refractivity contribution is 5.94. The average Bonchev–Trinajstić information content (AvgIpc) is 2.55. The molecule has 0 aliphatic rings. The lowest BCUT2D eigenvalue weighted by atomic mass is 9.95. The van der Waals surface area contributed by atoms with E-state index in [0.29, 0.717) is 17.4 Å². The monoisotopic (exact) mass is 253 g/mol. The van der Waals surface area contributed by atoms with E-state index in [4.69, 9.17) is 0 Å². The van der Waals surface area contributed by atoms with E-state index in [2.05, 4.69) is 31.2 Å². The molecule has 0 saturated heterocycles. The largest absolute Gasteiger partial charge is 0.477 e. The third kappa shape index (κ3) is 2.83. The zero-order valence-corrected chi connectivity index (χ0v) is 11.8. The van der Waals surface area contributed by atoms with Gasteiger partial charge < -0.3 is 10.4 Å². The summed E-state index contributed by atoms with van der Waals surface area (Å²) in [6, 6.07) is 0.230. The number of rotatable bonds is 6. The van der Waals surface area contributed by atoms with Crippen LogP contribution in [0.4, 0.5) is 5.82 Å². The third-order valence-electron chi connectivity index (χ3n) is 3.56. The molecule has 0 aromatic carbocycles. The van der Waals surface area contributed by atoms with E-state index >= 15 is 0 Å². The van der Waals surface area contributed by atoms with Crippen LogP contribution in [-0.4, -0.2) is 26.9 Å². The van der Waals surface area contributed by atoms with Gasteiger partial charge in [0.15, 0.2) is 0 Å². The first kappa shape index (κ1) is 14.5. The number of carboxylic acid groups (broad SMARTS) is 1. The van der Waals surface area contributed by atoms with Gasteiger partial charge in [-0.1, -0.05) is 26.7 Å². The number of nitrogens with zero attached hydrogens (tertiary/aromatic N) is 2. The summed E-state index contributed by atoms with van der Waals surface area (Å²) in [6.45, 7) is 8.11. The number of hydrogen-bond acceptors (Lipinski definition) is 3. The molecule has 1 rings (SSSR count). The maximum absolute atomic E-state index is 11.3. The van der Waals surface area contributed by atoms with Gasteiger partial charge in [0.05, 0.1) is 5.69 Å². The van der Waals surface area contributed by atoms with E-state index in [1.54, 1.807) is 18.7 Å². The van der Waals surface area contributed by atoms with E-state index in [1.165, 1.54) is 0 Å². The maximum atomic E-state index is 11.3. The summed E-state index contributed by atoms with van der Waals surface area (Å²) in [5, 5.41) is 16.7. The summed E-state index contributed by atoms with van der Waals surface area (Å²) in [6.07, 6.45) is 2.15. The quantitative estimate of drug-likeness (QED) is 0.818. The van der Waals surface area contributed by atoms with Crippen molar-refractivity contribution < 1.29 is 9.90 Å². The lowest BCUT2D eigenvalue weighted by Gasteiger charge is -2.23. The Bertz CT molecular complexity index is 422. The Morgan fingerprint density at radius 3 is 2.44 bits per heavy atom. The van der Waals surface area contributed by atoms with Crippen LogP contribution in [0.5, 0.6) is 0 Å². The second kappa shape index (κ2) is 5.89. The first-order chi connectivity index (χ1) is 8.42. The Balaban J connectivity index is 3.00. The average molecular weight is 253 g/mol. The minimum Gasteiger partial charge on any atom is -0.477 e. The molecule has 0 fully saturated rings. The second-order valence-electron chi connectivity index (χ2n) is 4.75. The van der Waals surface area contributed by atoms with Gasteiger partial charge in [-0.15, -0.1) is 0 Å². The van der Waals surface area contributed by atoms with Crippen LogP contribution in [-0.2, 0) is 7.05 Å². The van der Waals surface area contributed by atoms with E-state index < -0.39 is 5.97 Å². The van der Waals surface area contributed by atoms with Gasteiger partial charge in [-0.3, -0.25) is 4.68 Å². The smallest absolute Gasteiger partial charge is 0.341 e. The molecule has 2 N–H and O–H groups in total. The standard InChI is InChI=1S/C13H23N3O2/c1-6-10(7-2)8(3)14-12-11(13(17)18)9(4)15-16(12)5/h8,10,14H,6-7H2,1-5H3,(H,17,18). The predicted molar refractivity (Wildman–Crippen MR) is 72.1 cm³/mol. The SMILES string of the molecule is CCC(CC)C(C)Nc1c(C(=O)O)c(C)nn1C. The van der Waals surface area contributed by atoms with E-state index in [-0.39, 0.29) is 11.6 Å². The molecule has 18 heavy (non-hydrogen) atoms. The Morgan fingerprint density at radius 1 is 1.44 bits per heavy atom. The van der Waals surface area contributed by atoms with Crippen molar-refractivity contribution in [3.8, 4) is 0 Å². The fourth-order valence-electron chi connectivity index (χ4n) is 2.41. The van der Waals surface area contributed by atoms with Crippen molar-refractivity contribution in [3.05, 3.63) is 11.3 Å². The Kier molecular flexibility index (Phi) is 4.76. The lowest BCUT2D eigenvalue weighted by Crippen LogP contribution is -2.27. The maximum Gasteiger partial charge on any atom is 0.341 e. The number of hydrogen-bond donors (Lipinski definition) is 2. The summed E-state index contributed by atoms with van der Waals surface area (Å²) >= 11 is 0. The minimum absolute atomic E-state index is 0.230. The molecule has 5 heteroatoms. The number of nitrogens with one attached hydrogen (secondary N) is 1. The third-order valence-corrected chi connectivity index (χ3v) is 3.56. The normalized spacial score (nSPS) is 12.8. The van der Waals surface area contributed by atoms with Crippen LogP contribution in [0, 0.1) is 12.8 Å². The zero-order valence-electron chi connectivity index (χ0n) is 11.8. The highest BCUT2D eigenvalue weighted by Crippen LogP contribution is 2.23. The van der Waals surface area contributed by atoms with Gasteiger partial charge in [-0.2, -0.15) is 5.10 Å². The van der Waals surface area contributed by atoms with Crippen LogP contribution in [0.3, 0.4) is 0 Å². The van der Waals surface area contributed by atoms with Crippen LogP contribution >= 0.6 is 0 Å². The van der Waals surface area contributed by atoms with Crippen LogP contribution < -0.4 is 5.32 Å². The van der Waals surface area contributed by atoms with Gasteiger partial charge in [0.1, 0.15) is 11.4 Å². The van der Waals surface area contributed by atoms with E-state index in [1.807, 2.05) is 0 Å². The number of aromatic nitrogens is 2. The van der Waals surface area contributed by atoms with E-state index in [9.17, 15) is 9.90 Å². The Labute approximate surface area is 108 Å². The van der Waals surface area contributed by atoms with Gasteiger partial charge in [-0.05, 0) is 19.8 Å². The molecule has 1 aromatic rings. The molecule has 1 atom stereocenters. The van der Waals surface area contributed by atoms with Gasteiger partial charge in [0.25, 0.3) is 0 Å². The number of carbonyl (C=O) groups is 1. The second-order valence-corrected chi connectivity index (χ2v) is 4.75. The first-order valence-electron chi connectivity index (χ1n) is 6.45. The summed E-state index contributed by atoms with van der Waals surface area (Å²) in [7, 11) is 1.77. The van der Waals surface area contributed by atoms with Gasteiger partial charge in [-0.25, -0.2) is 4.79 Å². The topological polar surface area (TPSA) is 67.2 Å². The van der Waals surface area contributed by atoms with Crippen LogP contribution in [0.1, 0.15) is 49.7 Å². The lowest BCUT2D eigenvalue weighted by molar-refractivity contribution is 0.0697. The van der Waals surface area contributed by atoms with Crippen LogP contribution in [0.15, 0.2) is 0 Å². The summed E-state index contributed by atoms with van der Waals surface area (Å²) in [5.74, 6) is 0.195. The number of anilines is 1. The van der Waals surface area contributed by atoms with Gasteiger partial charge >= 0.3 is 5.97 Å². The fourth-order valence-corrected chi connectivity index (χ4v) is 2.41. The zero-order chi connectivity index (χ0) is 13.9. The number of carboxylic acids is 1. The molecular formula is C13H23N3O2. The van der Waals surface area contributed by atoms with Gasteiger partial charge in [0.2, 0.25) is 0 Å². The highest BCUT2D eigenvalue weighted by atomic mass is 16.4. The van der Waals surface area contributed by atoms with Crippen molar-refractivity contribution in [2.24, 2.45) is 13.0 Å². The number of aryl methyl sites for hydroxylation is 2. The van der Waals surface area contributed by atoms with Crippen molar-refractivity contribution in [1.82, 2.24) is 9.78 Å². The predicted octanol–water partition coefficient (Wildman–Crippen LogP) is 2.66. The van der Waals surface area contributed by atoms with Crippen molar-refractivity contribution in [3.63, 3.8) is 0 Å². The molecule has 1 unspecified atom stereocenters. The molecule has 0 saturated carbocycles. The summed E-state index contributed by atoms with van der Waals surface area (Å²) in [4.78, 5) is 11.3. The Hall–Kier alpha value is -1.52. The van der Waals surface area contributed by atoms with Crippen molar-refractivity contribution in [2.45, 2.75) is 46.6 Å². The molecular weight excluding hydrogens is 230 g/mol. The molecule has 102 valence electrons. The number of aromatic carboxylic acids is 1. The molecule has 0 bridgehead atoms. The molecule has 1 aromatic heterocycles. The minimum atomic E-state index is -0.931. The van der Waals surface area contributed by atoms with Crippen molar-refractivity contribution in [1.29, 1.82) is 0 Å². The molecule has 1 heterocycles. The molecule has 0 aliphatic heterocycles. The molecule has 0 aliphatic carbocycles. The van der Waals surface area contributed by atoms with Crippen LogP contribution in [0.25, 0.3) is 0 Å². The molecule has 0 radical (unpaired) electrons.